The summed E-state index contributed by atoms with van der Waals surface area (Å²) < 4.78 is 0. The van der Waals surface area contributed by atoms with Crippen molar-refractivity contribution in [3.05, 3.63) is 156 Å². The van der Waals surface area contributed by atoms with E-state index in [2.05, 4.69) is 0 Å². The third-order valence-corrected chi connectivity index (χ3v) is 4.79. The summed E-state index contributed by atoms with van der Waals surface area (Å²) in [4.78, 5) is 23.6. The van der Waals surface area contributed by atoms with Gasteiger partial charge >= 0.3 is 0 Å². The van der Waals surface area contributed by atoms with Crippen molar-refractivity contribution < 1.29 is 36.9 Å². The topological polar surface area (TPSA) is 74.6 Å². The van der Waals surface area contributed by atoms with Gasteiger partial charge in [0.1, 0.15) is 11.5 Å². The number of ketones is 2. The summed E-state index contributed by atoms with van der Waals surface area (Å²) in [5.74, 6) is -0.433. The summed E-state index contributed by atoms with van der Waals surface area (Å²) in [6.45, 7) is 0. The summed E-state index contributed by atoms with van der Waals surface area (Å²) in [5.41, 5.74) is 2.40. The number of hydrogen-bond acceptors (Lipinski definition) is 4. The van der Waals surface area contributed by atoms with Gasteiger partial charge in [-0.25, -0.2) is 0 Å². The van der Waals surface area contributed by atoms with E-state index in [9.17, 15) is 19.8 Å². The van der Waals surface area contributed by atoms with Crippen molar-refractivity contribution in [3.63, 3.8) is 0 Å². The Labute approximate surface area is 215 Å². The number of carbonyl (C=O) groups is 2. The third-order valence-electron chi connectivity index (χ3n) is 4.79. The van der Waals surface area contributed by atoms with Gasteiger partial charge in [0.2, 0.25) is 0 Å². The van der Waals surface area contributed by atoms with Crippen LogP contribution in [0, 0.1) is 0 Å². The largest absolute Gasteiger partial charge is 0.507 e. The maximum Gasteiger partial charge on any atom is 0.189 e. The molecule has 179 valence electrons. The molecule has 4 aromatic carbocycles. The van der Waals surface area contributed by atoms with E-state index < -0.39 is 0 Å². The SMILES string of the molecule is O=C(C=C(O)c1ccccc1)c1ccccc1.O=C(C=C(O)c1ccccc1)c1ccccc1.[Cu]. The Kier molecular flexibility index (Phi) is 11.0. The van der Waals surface area contributed by atoms with Crippen LogP contribution >= 0.6 is 0 Å². The first-order valence-electron chi connectivity index (χ1n) is 10.7. The Morgan fingerprint density at radius 3 is 0.914 bits per heavy atom. The van der Waals surface area contributed by atoms with E-state index in [4.69, 9.17) is 0 Å². The molecule has 0 bridgehead atoms. The Hall–Kier alpha value is -4.18. The number of hydrogen-bond donors (Lipinski definition) is 2. The van der Waals surface area contributed by atoms with Crippen molar-refractivity contribution >= 4 is 23.1 Å². The van der Waals surface area contributed by atoms with Crippen LogP contribution in [0.5, 0.6) is 0 Å². The molecule has 0 atom stereocenters. The molecule has 0 saturated heterocycles. The minimum atomic E-state index is -0.202. The second-order valence-corrected chi connectivity index (χ2v) is 7.25. The fraction of sp³-hybridized carbons (Fsp3) is 0. The number of carbonyl (C=O) groups excluding carboxylic acids is 2. The molecule has 35 heavy (non-hydrogen) atoms. The number of benzene rings is 4. The van der Waals surface area contributed by atoms with Crippen LogP contribution in [-0.4, -0.2) is 21.8 Å². The molecule has 5 heteroatoms. The Bertz CT molecular complexity index is 1160. The van der Waals surface area contributed by atoms with Crippen LogP contribution in [0.4, 0.5) is 0 Å². The van der Waals surface area contributed by atoms with Crippen molar-refractivity contribution in [2.45, 2.75) is 0 Å². The zero-order valence-corrected chi connectivity index (χ0v) is 19.7. The molecule has 0 aromatic heterocycles. The number of rotatable bonds is 6. The second kappa shape index (κ2) is 14.2. The summed E-state index contributed by atoms with van der Waals surface area (Å²) >= 11 is 0. The first-order valence-corrected chi connectivity index (χ1v) is 10.7. The van der Waals surface area contributed by atoms with Gasteiger partial charge in [-0.15, -0.1) is 0 Å². The Morgan fingerprint density at radius 2 is 0.657 bits per heavy atom. The maximum atomic E-state index is 11.8. The molecule has 0 saturated carbocycles. The smallest absolute Gasteiger partial charge is 0.189 e. The fourth-order valence-corrected chi connectivity index (χ4v) is 3.00. The monoisotopic (exact) mass is 511 g/mol. The van der Waals surface area contributed by atoms with Gasteiger partial charge in [-0.2, -0.15) is 0 Å². The van der Waals surface area contributed by atoms with Gasteiger partial charge in [-0.3, -0.25) is 9.59 Å². The third kappa shape index (κ3) is 8.59. The van der Waals surface area contributed by atoms with Crippen LogP contribution in [0.3, 0.4) is 0 Å². The molecule has 4 rings (SSSR count). The maximum absolute atomic E-state index is 11.8. The van der Waals surface area contributed by atoms with E-state index in [-0.39, 0.29) is 40.2 Å². The molecule has 0 heterocycles. The van der Waals surface area contributed by atoms with Crippen LogP contribution in [0.1, 0.15) is 31.8 Å². The molecular weight excluding hydrogens is 488 g/mol. The first-order chi connectivity index (χ1) is 16.5. The van der Waals surface area contributed by atoms with Gasteiger partial charge in [0.05, 0.1) is 0 Å². The normalized spacial score (nSPS) is 10.9. The van der Waals surface area contributed by atoms with Gasteiger partial charge < -0.3 is 10.2 Å². The van der Waals surface area contributed by atoms with E-state index in [1.54, 1.807) is 72.8 Å². The predicted octanol–water partition coefficient (Wildman–Crippen LogP) is 6.93. The van der Waals surface area contributed by atoms with Crippen molar-refractivity contribution in [3.8, 4) is 0 Å². The average Bonchev–Trinajstić information content (AvgIpc) is 2.91. The van der Waals surface area contributed by atoms with E-state index >= 15 is 0 Å². The molecule has 0 aliphatic rings. The van der Waals surface area contributed by atoms with Crippen molar-refractivity contribution in [1.82, 2.24) is 0 Å². The van der Waals surface area contributed by atoms with Gasteiger partial charge in [-0.1, -0.05) is 121 Å². The molecule has 0 amide bonds. The molecule has 0 aliphatic carbocycles. The van der Waals surface area contributed by atoms with Gasteiger partial charge in [-0.05, 0) is 0 Å². The summed E-state index contributed by atoms with van der Waals surface area (Å²) in [5, 5.41) is 19.6. The molecule has 0 aliphatic heterocycles. The molecule has 2 N–H and O–H groups in total. The van der Waals surface area contributed by atoms with Crippen LogP contribution in [0.15, 0.2) is 133 Å². The van der Waals surface area contributed by atoms with E-state index in [0.717, 1.165) is 0 Å². The van der Waals surface area contributed by atoms with E-state index in [0.29, 0.717) is 22.3 Å². The molecule has 0 spiro atoms. The summed E-state index contributed by atoms with van der Waals surface area (Å²) in [6.07, 6.45) is 2.48. The molecule has 0 fully saturated rings. The second-order valence-electron chi connectivity index (χ2n) is 7.25. The zero-order chi connectivity index (χ0) is 24.2. The fourth-order valence-electron chi connectivity index (χ4n) is 3.00. The van der Waals surface area contributed by atoms with Crippen molar-refractivity contribution in [1.29, 1.82) is 0 Å². The van der Waals surface area contributed by atoms with Gasteiger partial charge in [0.15, 0.2) is 11.6 Å². The first kappa shape index (κ1) is 27.1. The van der Waals surface area contributed by atoms with Crippen LogP contribution in [-0.2, 0) is 17.1 Å². The van der Waals surface area contributed by atoms with Crippen molar-refractivity contribution in [2.24, 2.45) is 0 Å². The number of allylic oxidation sites excluding steroid dienone is 2. The summed E-state index contributed by atoms with van der Waals surface area (Å²) in [6, 6.07) is 35.7. The van der Waals surface area contributed by atoms with Crippen LogP contribution < -0.4 is 0 Å². The van der Waals surface area contributed by atoms with Gasteiger partial charge in [0.25, 0.3) is 0 Å². The standard InChI is InChI=1S/2C15H12O2.Cu/c2*16-14(12-7-3-1-4-8-12)11-15(17)13-9-5-2-6-10-13;/h2*1-11,16H;. The van der Waals surface area contributed by atoms with Crippen LogP contribution in [0.25, 0.3) is 11.5 Å². The minimum Gasteiger partial charge on any atom is -0.507 e. The zero-order valence-electron chi connectivity index (χ0n) is 18.7. The predicted molar refractivity (Wildman–Crippen MR) is 136 cm³/mol. The molecule has 0 unspecified atom stereocenters. The molecular formula is C30H24CuO4. The number of aliphatic hydroxyl groups excluding tert-OH is 2. The quantitative estimate of drug-likeness (QED) is 0.127. The van der Waals surface area contributed by atoms with E-state index in [1.165, 1.54) is 12.2 Å². The molecule has 1 radical (unpaired) electrons. The molecule has 4 nitrogen and oxygen atoms in total. The Balaban J connectivity index is 0.000000240. The van der Waals surface area contributed by atoms with Crippen LogP contribution in [0.2, 0.25) is 0 Å². The Morgan fingerprint density at radius 1 is 0.429 bits per heavy atom. The van der Waals surface area contributed by atoms with Gasteiger partial charge in [0, 0.05) is 51.5 Å². The average molecular weight is 512 g/mol. The summed E-state index contributed by atoms with van der Waals surface area (Å²) in [7, 11) is 0. The van der Waals surface area contributed by atoms with E-state index in [1.807, 2.05) is 48.5 Å². The number of aliphatic hydroxyl groups is 2. The van der Waals surface area contributed by atoms with Crippen molar-refractivity contribution in [2.75, 3.05) is 0 Å². The molecule has 4 aromatic rings. The minimum absolute atomic E-state index is 0.